The van der Waals surface area contributed by atoms with Crippen molar-refractivity contribution >= 4 is 0 Å². The molecule has 4 heteroatoms. The van der Waals surface area contributed by atoms with Gasteiger partial charge < -0.3 is 19.9 Å². The Hall–Kier alpha value is -0.160. The molecule has 0 aromatic heterocycles. The van der Waals surface area contributed by atoms with Crippen molar-refractivity contribution in [2.24, 2.45) is 0 Å². The minimum Gasteiger partial charge on any atom is -0.394 e. The van der Waals surface area contributed by atoms with Gasteiger partial charge in [-0.2, -0.15) is 0 Å². The predicted octanol–water partition coefficient (Wildman–Crippen LogP) is 0.154. The molecular weight excluding hydrogens is 182 g/mol. The van der Waals surface area contributed by atoms with Crippen molar-refractivity contribution in [2.75, 3.05) is 39.6 Å². The molecule has 0 atom stereocenters. The van der Waals surface area contributed by atoms with E-state index >= 15 is 0 Å². The molecule has 0 aliphatic carbocycles. The van der Waals surface area contributed by atoms with Crippen molar-refractivity contribution in [2.45, 2.75) is 25.3 Å². The second-order valence-electron chi connectivity index (χ2n) is 3.94. The van der Waals surface area contributed by atoms with Gasteiger partial charge in [-0.05, 0) is 19.8 Å². The molecule has 0 unspecified atom stereocenters. The lowest BCUT2D eigenvalue weighted by molar-refractivity contribution is 0.0381. The molecule has 1 aliphatic rings. The molecular formula is C10H21NO3. The second kappa shape index (κ2) is 6.35. The molecule has 84 valence electrons. The fourth-order valence-corrected chi connectivity index (χ4v) is 1.59. The number of hydrogen-bond donors (Lipinski definition) is 2. The molecule has 4 nitrogen and oxygen atoms in total. The molecule has 0 amide bonds. The summed E-state index contributed by atoms with van der Waals surface area (Å²) in [6.07, 6.45) is 2.12. The van der Waals surface area contributed by atoms with Crippen molar-refractivity contribution in [1.29, 1.82) is 0 Å². The van der Waals surface area contributed by atoms with Crippen molar-refractivity contribution in [3.8, 4) is 0 Å². The van der Waals surface area contributed by atoms with Crippen LogP contribution in [0.4, 0.5) is 0 Å². The van der Waals surface area contributed by atoms with Gasteiger partial charge in [-0.15, -0.1) is 0 Å². The van der Waals surface area contributed by atoms with Gasteiger partial charge in [0.05, 0.1) is 19.8 Å². The van der Waals surface area contributed by atoms with Crippen molar-refractivity contribution < 1.29 is 14.6 Å². The van der Waals surface area contributed by atoms with Gasteiger partial charge in [0.25, 0.3) is 0 Å². The standard InChI is InChI=1S/C10H21NO3/c1-10(2-6-13-7-3-10)11-4-8-14-9-5-12/h11-12H,2-9H2,1H3. The lowest BCUT2D eigenvalue weighted by atomic mass is 9.93. The Balaban J connectivity index is 2.03. The highest BCUT2D eigenvalue weighted by molar-refractivity contribution is 4.84. The van der Waals surface area contributed by atoms with Gasteiger partial charge in [0.15, 0.2) is 0 Å². The summed E-state index contributed by atoms with van der Waals surface area (Å²) >= 11 is 0. The van der Waals surface area contributed by atoms with Crippen LogP contribution in [0.3, 0.4) is 0 Å². The number of nitrogens with one attached hydrogen (secondary N) is 1. The van der Waals surface area contributed by atoms with Crippen LogP contribution in [0.2, 0.25) is 0 Å². The number of aliphatic hydroxyl groups excluding tert-OH is 1. The number of ether oxygens (including phenoxy) is 2. The third kappa shape index (κ3) is 4.37. The van der Waals surface area contributed by atoms with Crippen LogP contribution in [0.15, 0.2) is 0 Å². The first-order valence-electron chi connectivity index (χ1n) is 5.28. The van der Waals surface area contributed by atoms with Gasteiger partial charge in [0.2, 0.25) is 0 Å². The Morgan fingerprint density at radius 1 is 1.36 bits per heavy atom. The molecule has 1 heterocycles. The number of hydrogen-bond acceptors (Lipinski definition) is 4. The zero-order valence-electron chi connectivity index (χ0n) is 8.92. The van der Waals surface area contributed by atoms with E-state index in [1.807, 2.05) is 0 Å². The highest BCUT2D eigenvalue weighted by Gasteiger charge is 2.25. The monoisotopic (exact) mass is 203 g/mol. The van der Waals surface area contributed by atoms with E-state index in [4.69, 9.17) is 14.6 Å². The van der Waals surface area contributed by atoms with E-state index in [2.05, 4.69) is 12.2 Å². The van der Waals surface area contributed by atoms with E-state index in [9.17, 15) is 0 Å². The van der Waals surface area contributed by atoms with Crippen LogP contribution in [0.5, 0.6) is 0 Å². The summed E-state index contributed by atoms with van der Waals surface area (Å²) in [6, 6.07) is 0. The molecule has 0 bridgehead atoms. The summed E-state index contributed by atoms with van der Waals surface area (Å²) < 4.78 is 10.5. The first kappa shape index (κ1) is 11.9. The van der Waals surface area contributed by atoms with Crippen LogP contribution in [0.25, 0.3) is 0 Å². The molecule has 0 radical (unpaired) electrons. The Morgan fingerprint density at radius 3 is 2.71 bits per heavy atom. The van der Waals surface area contributed by atoms with Gasteiger partial charge >= 0.3 is 0 Å². The van der Waals surface area contributed by atoms with Crippen LogP contribution in [-0.2, 0) is 9.47 Å². The Bertz CT molecular complexity index is 146. The summed E-state index contributed by atoms with van der Waals surface area (Å²) in [7, 11) is 0. The lowest BCUT2D eigenvalue weighted by Gasteiger charge is -2.34. The first-order chi connectivity index (χ1) is 6.77. The summed E-state index contributed by atoms with van der Waals surface area (Å²) in [5.41, 5.74) is 0.209. The number of rotatable bonds is 6. The molecule has 1 fully saturated rings. The van der Waals surface area contributed by atoms with Crippen LogP contribution in [-0.4, -0.2) is 50.2 Å². The Labute approximate surface area is 85.6 Å². The predicted molar refractivity (Wildman–Crippen MR) is 54.4 cm³/mol. The topological polar surface area (TPSA) is 50.7 Å². The minimum atomic E-state index is 0.102. The third-order valence-electron chi connectivity index (χ3n) is 2.63. The molecule has 1 rings (SSSR count). The maximum absolute atomic E-state index is 8.50. The van der Waals surface area contributed by atoms with E-state index in [0.29, 0.717) is 13.2 Å². The zero-order chi connectivity index (χ0) is 10.3. The van der Waals surface area contributed by atoms with Gasteiger partial charge in [-0.1, -0.05) is 0 Å². The highest BCUT2D eigenvalue weighted by atomic mass is 16.5. The SMILES string of the molecule is CC1(NCCOCCO)CCOCC1. The summed E-state index contributed by atoms with van der Waals surface area (Å²) in [4.78, 5) is 0. The minimum absolute atomic E-state index is 0.102. The molecule has 0 aromatic carbocycles. The van der Waals surface area contributed by atoms with E-state index < -0.39 is 0 Å². The smallest absolute Gasteiger partial charge is 0.0698 e. The van der Waals surface area contributed by atoms with E-state index in [1.165, 1.54) is 0 Å². The van der Waals surface area contributed by atoms with Gasteiger partial charge in [0.1, 0.15) is 0 Å². The average Bonchev–Trinajstić information content (AvgIpc) is 2.18. The first-order valence-corrected chi connectivity index (χ1v) is 5.28. The van der Waals surface area contributed by atoms with Crippen molar-refractivity contribution in [3.63, 3.8) is 0 Å². The quantitative estimate of drug-likeness (QED) is 0.604. The molecule has 1 aliphatic heterocycles. The van der Waals surface area contributed by atoms with Gasteiger partial charge in [0, 0.05) is 25.3 Å². The molecule has 14 heavy (non-hydrogen) atoms. The van der Waals surface area contributed by atoms with Gasteiger partial charge in [-0.25, -0.2) is 0 Å². The largest absolute Gasteiger partial charge is 0.394 e. The van der Waals surface area contributed by atoms with E-state index in [-0.39, 0.29) is 12.1 Å². The van der Waals surface area contributed by atoms with Gasteiger partial charge in [-0.3, -0.25) is 0 Å². The van der Waals surface area contributed by atoms with Crippen LogP contribution in [0.1, 0.15) is 19.8 Å². The molecule has 0 saturated carbocycles. The average molecular weight is 203 g/mol. The molecule has 0 aromatic rings. The highest BCUT2D eigenvalue weighted by Crippen LogP contribution is 2.18. The van der Waals surface area contributed by atoms with Crippen LogP contribution in [0, 0.1) is 0 Å². The summed E-state index contributed by atoms with van der Waals surface area (Å²) in [5, 5.41) is 12.0. The van der Waals surface area contributed by atoms with Crippen LogP contribution >= 0.6 is 0 Å². The maximum Gasteiger partial charge on any atom is 0.0698 e. The summed E-state index contributed by atoms with van der Waals surface area (Å²) in [5.74, 6) is 0. The normalized spacial score (nSPS) is 21.0. The summed E-state index contributed by atoms with van der Waals surface area (Å²) in [6.45, 7) is 5.96. The molecule has 2 N–H and O–H groups in total. The Kier molecular flexibility index (Phi) is 5.40. The van der Waals surface area contributed by atoms with Crippen LogP contribution < -0.4 is 5.32 Å². The number of aliphatic hydroxyl groups is 1. The Morgan fingerprint density at radius 2 is 2.07 bits per heavy atom. The zero-order valence-corrected chi connectivity index (χ0v) is 8.92. The van der Waals surface area contributed by atoms with E-state index in [0.717, 1.165) is 32.6 Å². The maximum atomic E-state index is 8.50. The van der Waals surface area contributed by atoms with Crippen molar-refractivity contribution in [1.82, 2.24) is 5.32 Å². The molecule has 0 spiro atoms. The van der Waals surface area contributed by atoms with Crippen molar-refractivity contribution in [3.05, 3.63) is 0 Å². The lowest BCUT2D eigenvalue weighted by Crippen LogP contribution is -2.47. The third-order valence-corrected chi connectivity index (χ3v) is 2.63. The second-order valence-corrected chi connectivity index (χ2v) is 3.94. The van der Waals surface area contributed by atoms with E-state index in [1.54, 1.807) is 0 Å². The molecule has 1 saturated heterocycles. The fourth-order valence-electron chi connectivity index (χ4n) is 1.59. The fraction of sp³-hybridized carbons (Fsp3) is 1.00.